The first-order valence-corrected chi connectivity index (χ1v) is 10.0. The molecule has 4 aromatic rings. The van der Waals surface area contributed by atoms with Crippen molar-refractivity contribution in [1.82, 2.24) is 4.98 Å². The molecular formula is C23H18FN3O2S. The highest BCUT2D eigenvalue weighted by molar-refractivity contribution is 7.17. The van der Waals surface area contributed by atoms with Crippen LogP contribution < -0.4 is 15.4 Å². The number of amides is 1. The molecule has 7 heteroatoms. The monoisotopic (exact) mass is 419 g/mol. The summed E-state index contributed by atoms with van der Waals surface area (Å²) < 4.78 is 19.1. The molecule has 0 aliphatic rings. The van der Waals surface area contributed by atoms with Gasteiger partial charge in [-0.3, -0.25) is 4.79 Å². The highest BCUT2D eigenvalue weighted by Gasteiger charge is 2.16. The van der Waals surface area contributed by atoms with Crippen molar-refractivity contribution in [3.05, 3.63) is 95.3 Å². The zero-order valence-corrected chi connectivity index (χ0v) is 16.9. The molecule has 0 aliphatic carbocycles. The summed E-state index contributed by atoms with van der Waals surface area (Å²) in [5, 5.41) is 6.41. The molecule has 4 rings (SSSR count). The van der Waals surface area contributed by atoms with Gasteiger partial charge in [0.1, 0.15) is 22.2 Å². The van der Waals surface area contributed by atoms with E-state index in [0.29, 0.717) is 32.8 Å². The van der Waals surface area contributed by atoms with Gasteiger partial charge in [-0.2, -0.15) is 0 Å². The largest absolute Gasteiger partial charge is 0.457 e. The van der Waals surface area contributed by atoms with Crippen LogP contribution in [0.1, 0.15) is 15.4 Å². The van der Waals surface area contributed by atoms with Gasteiger partial charge >= 0.3 is 0 Å². The molecule has 3 aromatic carbocycles. The summed E-state index contributed by atoms with van der Waals surface area (Å²) in [6.07, 6.45) is 0. The Kier molecular flexibility index (Phi) is 5.72. The van der Waals surface area contributed by atoms with Crippen molar-refractivity contribution < 1.29 is 13.9 Å². The summed E-state index contributed by atoms with van der Waals surface area (Å²) in [6, 6.07) is 22.7. The number of nitrogens with zero attached hydrogens (tertiary/aromatic N) is 1. The van der Waals surface area contributed by atoms with E-state index in [9.17, 15) is 9.18 Å². The van der Waals surface area contributed by atoms with Gasteiger partial charge in [0.05, 0.1) is 5.69 Å². The number of hydrogen-bond donors (Lipinski definition) is 2. The second-order valence-electron chi connectivity index (χ2n) is 6.46. The lowest BCUT2D eigenvalue weighted by Crippen LogP contribution is -2.11. The van der Waals surface area contributed by atoms with Crippen molar-refractivity contribution >= 4 is 33.8 Å². The first-order chi connectivity index (χ1) is 14.6. The highest BCUT2D eigenvalue weighted by Crippen LogP contribution is 2.28. The maximum absolute atomic E-state index is 13.3. The Morgan fingerprint density at radius 2 is 1.67 bits per heavy atom. The minimum Gasteiger partial charge on any atom is -0.457 e. The number of anilines is 3. The molecule has 0 aliphatic heterocycles. The smallest absolute Gasteiger partial charge is 0.267 e. The number of carbonyl (C=O) groups is 1. The molecule has 2 N–H and O–H groups in total. The molecule has 0 atom stereocenters. The number of ether oxygens (including phenoxy) is 1. The quantitative estimate of drug-likeness (QED) is 0.381. The molecule has 0 saturated heterocycles. The number of nitrogens with one attached hydrogen (secondary N) is 2. The predicted molar refractivity (Wildman–Crippen MR) is 117 cm³/mol. The van der Waals surface area contributed by atoms with Gasteiger partial charge in [-0.1, -0.05) is 35.6 Å². The lowest BCUT2D eigenvalue weighted by atomic mass is 10.3. The van der Waals surface area contributed by atoms with Crippen LogP contribution in [0.5, 0.6) is 11.5 Å². The van der Waals surface area contributed by atoms with Crippen LogP contribution >= 0.6 is 11.3 Å². The Morgan fingerprint density at radius 3 is 2.40 bits per heavy atom. The zero-order valence-electron chi connectivity index (χ0n) is 16.1. The summed E-state index contributed by atoms with van der Waals surface area (Å²) in [4.78, 5) is 17.5. The van der Waals surface area contributed by atoms with E-state index >= 15 is 0 Å². The second-order valence-corrected chi connectivity index (χ2v) is 7.46. The van der Waals surface area contributed by atoms with Crippen LogP contribution in [-0.4, -0.2) is 10.9 Å². The molecule has 0 saturated carbocycles. The van der Waals surface area contributed by atoms with Crippen LogP contribution in [0.4, 0.5) is 20.9 Å². The van der Waals surface area contributed by atoms with E-state index in [2.05, 4.69) is 15.6 Å². The van der Waals surface area contributed by atoms with E-state index in [1.165, 1.54) is 23.5 Å². The van der Waals surface area contributed by atoms with E-state index in [1.807, 2.05) is 30.3 Å². The van der Waals surface area contributed by atoms with E-state index in [-0.39, 0.29) is 11.7 Å². The number of hydrogen-bond acceptors (Lipinski definition) is 5. The number of halogens is 1. The van der Waals surface area contributed by atoms with Crippen molar-refractivity contribution in [3.8, 4) is 11.5 Å². The first-order valence-electron chi connectivity index (χ1n) is 9.21. The van der Waals surface area contributed by atoms with Gasteiger partial charge in [-0.15, -0.1) is 0 Å². The molecule has 1 aromatic heterocycles. The summed E-state index contributed by atoms with van der Waals surface area (Å²) >= 11 is 1.21. The van der Waals surface area contributed by atoms with Crippen LogP contribution in [0.15, 0.2) is 78.9 Å². The summed E-state index contributed by atoms with van der Waals surface area (Å²) in [5.41, 5.74) is 1.82. The van der Waals surface area contributed by atoms with Crippen LogP contribution in [0, 0.1) is 12.7 Å². The van der Waals surface area contributed by atoms with Crippen molar-refractivity contribution in [3.63, 3.8) is 0 Å². The standard InChI is InChI=1S/C23H18FN3O2S/c1-15-21(30-23(25-15)27-18-7-5-6-16(24)14-18)22(28)26-17-10-12-20(13-11-17)29-19-8-3-2-4-9-19/h2-14H,1H3,(H,25,27)(H,26,28). The predicted octanol–water partition coefficient (Wildman–Crippen LogP) is 6.38. The average Bonchev–Trinajstić information content (AvgIpc) is 3.10. The van der Waals surface area contributed by atoms with Crippen molar-refractivity contribution in [2.75, 3.05) is 10.6 Å². The lowest BCUT2D eigenvalue weighted by Gasteiger charge is -2.07. The third kappa shape index (κ3) is 4.82. The summed E-state index contributed by atoms with van der Waals surface area (Å²) in [5.74, 6) is 0.822. The van der Waals surface area contributed by atoms with E-state index in [1.54, 1.807) is 43.3 Å². The highest BCUT2D eigenvalue weighted by atomic mass is 32.1. The van der Waals surface area contributed by atoms with E-state index in [4.69, 9.17) is 4.74 Å². The Balaban J connectivity index is 1.42. The number of aromatic nitrogens is 1. The Labute approximate surface area is 177 Å². The summed E-state index contributed by atoms with van der Waals surface area (Å²) in [7, 11) is 0. The van der Waals surface area contributed by atoms with Crippen molar-refractivity contribution in [2.24, 2.45) is 0 Å². The molecule has 0 fully saturated rings. The maximum atomic E-state index is 13.3. The summed E-state index contributed by atoms with van der Waals surface area (Å²) in [6.45, 7) is 1.76. The van der Waals surface area contributed by atoms with Crippen LogP contribution in [0.2, 0.25) is 0 Å². The number of thiazole rings is 1. The molecule has 0 unspecified atom stereocenters. The number of para-hydroxylation sites is 1. The molecule has 1 heterocycles. The van der Waals surface area contributed by atoms with Gasteiger partial charge in [-0.25, -0.2) is 9.37 Å². The maximum Gasteiger partial charge on any atom is 0.267 e. The van der Waals surface area contributed by atoms with E-state index < -0.39 is 0 Å². The fraction of sp³-hybridized carbons (Fsp3) is 0.0435. The molecule has 1 amide bonds. The fourth-order valence-electron chi connectivity index (χ4n) is 2.77. The van der Waals surface area contributed by atoms with Crippen molar-refractivity contribution in [1.29, 1.82) is 0 Å². The Morgan fingerprint density at radius 1 is 0.933 bits per heavy atom. The molecule has 150 valence electrons. The van der Waals surface area contributed by atoms with Gasteiger partial charge < -0.3 is 15.4 Å². The normalized spacial score (nSPS) is 10.5. The Hall–Kier alpha value is -3.71. The van der Waals surface area contributed by atoms with Crippen LogP contribution in [-0.2, 0) is 0 Å². The average molecular weight is 419 g/mol. The number of rotatable bonds is 6. The van der Waals surface area contributed by atoms with Gasteiger partial charge in [0.2, 0.25) is 0 Å². The number of carbonyl (C=O) groups excluding carboxylic acids is 1. The van der Waals surface area contributed by atoms with Crippen LogP contribution in [0.3, 0.4) is 0 Å². The van der Waals surface area contributed by atoms with Crippen molar-refractivity contribution in [2.45, 2.75) is 6.92 Å². The second kappa shape index (κ2) is 8.75. The number of aryl methyl sites for hydroxylation is 1. The van der Waals surface area contributed by atoms with Gasteiger partial charge in [-0.05, 0) is 61.5 Å². The zero-order chi connectivity index (χ0) is 20.9. The molecule has 30 heavy (non-hydrogen) atoms. The third-order valence-corrected chi connectivity index (χ3v) is 5.24. The third-order valence-electron chi connectivity index (χ3n) is 4.17. The topological polar surface area (TPSA) is 63.2 Å². The molecule has 0 bridgehead atoms. The molecule has 5 nitrogen and oxygen atoms in total. The lowest BCUT2D eigenvalue weighted by molar-refractivity contribution is 0.103. The fourth-order valence-corrected chi connectivity index (χ4v) is 3.65. The molecular weight excluding hydrogens is 401 g/mol. The van der Waals surface area contributed by atoms with Gasteiger partial charge in [0.25, 0.3) is 5.91 Å². The minimum absolute atomic E-state index is 0.256. The first kappa shape index (κ1) is 19.6. The van der Waals surface area contributed by atoms with E-state index in [0.717, 1.165) is 5.75 Å². The van der Waals surface area contributed by atoms with Crippen LogP contribution in [0.25, 0.3) is 0 Å². The molecule has 0 radical (unpaired) electrons. The SMILES string of the molecule is Cc1nc(Nc2cccc(F)c2)sc1C(=O)Nc1ccc(Oc2ccccc2)cc1. The van der Waals surface area contributed by atoms with Gasteiger partial charge in [0.15, 0.2) is 5.13 Å². The van der Waals surface area contributed by atoms with Gasteiger partial charge in [0, 0.05) is 11.4 Å². The molecule has 0 spiro atoms. The number of benzene rings is 3. The minimum atomic E-state index is -0.342. The Bertz CT molecular complexity index is 1160.